The molecule has 0 N–H and O–H groups in total. The third kappa shape index (κ3) is 3.23. The number of nitrogens with zero attached hydrogens (tertiary/aromatic N) is 7. The van der Waals surface area contributed by atoms with Gasteiger partial charge in [-0.2, -0.15) is 4.98 Å². The molecule has 2 aliphatic heterocycles. The van der Waals surface area contributed by atoms with Crippen molar-refractivity contribution < 1.29 is 0 Å². The van der Waals surface area contributed by atoms with Gasteiger partial charge in [0.25, 0.3) is 0 Å². The van der Waals surface area contributed by atoms with Crippen molar-refractivity contribution in [1.29, 1.82) is 0 Å². The lowest BCUT2D eigenvalue weighted by molar-refractivity contribution is 0.768. The smallest absolute Gasteiger partial charge is 0.227 e. The van der Waals surface area contributed by atoms with Gasteiger partial charge in [0.05, 0.1) is 5.69 Å². The molecule has 25 heavy (non-hydrogen) atoms. The zero-order valence-corrected chi connectivity index (χ0v) is 15.0. The Labute approximate surface area is 148 Å². The molecular formula is C18H25N7. The quantitative estimate of drug-likeness (QED) is 0.840. The van der Waals surface area contributed by atoms with E-state index in [4.69, 9.17) is 9.97 Å². The van der Waals surface area contributed by atoms with Crippen LogP contribution in [0, 0.1) is 0 Å². The van der Waals surface area contributed by atoms with Gasteiger partial charge >= 0.3 is 0 Å². The third-order valence-electron chi connectivity index (χ3n) is 4.96. The molecule has 132 valence electrons. The molecule has 7 nitrogen and oxygen atoms in total. The molecule has 1 saturated heterocycles. The fourth-order valence-corrected chi connectivity index (χ4v) is 3.65. The number of hydrogen-bond acceptors (Lipinski definition) is 7. The number of anilines is 3. The highest BCUT2D eigenvalue weighted by Crippen LogP contribution is 2.28. The number of rotatable bonds is 3. The number of aromatic nitrogens is 4. The first kappa shape index (κ1) is 16.1. The van der Waals surface area contributed by atoms with Crippen molar-refractivity contribution in [2.75, 3.05) is 55.0 Å². The zero-order chi connectivity index (χ0) is 17.2. The SMILES string of the molecule is CN(C)c1nc(N2CCCC2)nc2c1CCN(c1ncccn1)CC2. The van der Waals surface area contributed by atoms with Crippen LogP contribution < -0.4 is 14.7 Å². The number of fused-ring (bicyclic) bond motifs is 1. The third-order valence-corrected chi connectivity index (χ3v) is 4.96. The molecule has 0 radical (unpaired) electrons. The van der Waals surface area contributed by atoms with E-state index >= 15 is 0 Å². The van der Waals surface area contributed by atoms with Gasteiger partial charge in [0, 0.05) is 64.7 Å². The summed E-state index contributed by atoms with van der Waals surface area (Å²) in [7, 11) is 4.14. The van der Waals surface area contributed by atoms with Crippen LogP contribution in [0.4, 0.5) is 17.7 Å². The average molecular weight is 339 g/mol. The Kier molecular flexibility index (Phi) is 4.38. The van der Waals surface area contributed by atoms with Gasteiger partial charge in [-0.25, -0.2) is 15.0 Å². The molecule has 0 spiro atoms. The summed E-state index contributed by atoms with van der Waals surface area (Å²) in [4.78, 5) is 25.3. The maximum absolute atomic E-state index is 4.95. The van der Waals surface area contributed by atoms with Gasteiger partial charge < -0.3 is 14.7 Å². The maximum Gasteiger partial charge on any atom is 0.227 e. The Morgan fingerprint density at radius 3 is 2.24 bits per heavy atom. The lowest BCUT2D eigenvalue weighted by Gasteiger charge is -2.22. The van der Waals surface area contributed by atoms with E-state index in [2.05, 4.69) is 38.8 Å². The molecule has 4 heterocycles. The summed E-state index contributed by atoms with van der Waals surface area (Å²) in [6.45, 7) is 3.91. The van der Waals surface area contributed by atoms with Crippen LogP contribution in [0.3, 0.4) is 0 Å². The van der Waals surface area contributed by atoms with E-state index in [-0.39, 0.29) is 0 Å². The molecule has 0 bridgehead atoms. The van der Waals surface area contributed by atoms with Gasteiger partial charge in [-0.15, -0.1) is 0 Å². The monoisotopic (exact) mass is 339 g/mol. The van der Waals surface area contributed by atoms with Crippen molar-refractivity contribution >= 4 is 17.7 Å². The zero-order valence-electron chi connectivity index (χ0n) is 15.0. The van der Waals surface area contributed by atoms with Gasteiger partial charge in [-0.1, -0.05) is 0 Å². The normalized spacial score (nSPS) is 17.4. The summed E-state index contributed by atoms with van der Waals surface area (Å²) in [5.74, 6) is 2.75. The van der Waals surface area contributed by atoms with E-state index in [1.54, 1.807) is 12.4 Å². The molecule has 2 aromatic rings. The fraction of sp³-hybridized carbons (Fsp3) is 0.556. The Morgan fingerprint density at radius 2 is 1.52 bits per heavy atom. The summed E-state index contributed by atoms with van der Waals surface area (Å²) in [5, 5.41) is 0. The Balaban J connectivity index is 1.65. The predicted octanol–water partition coefficient (Wildman–Crippen LogP) is 1.54. The minimum Gasteiger partial charge on any atom is -0.362 e. The lowest BCUT2D eigenvalue weighted by Crippen LogP contribution is -2.27. The van der Waals surface area contributed by atoms with Gasteiger partial charge in [-0.3, -0.25) is 0 Å². The van der Waals surface area contributed by atoms with Crippen LogP contribution in [-0.4, -0.2) is 60.2 Å². The second-order valence-electron chi connectivity index (χ2n) is 6.90. The predicted molar refractivity (Wildman–Crippen MR) is 99.5 cm³/mol. The van der Waals surface area contributed by atoms with Crippen molar-refractivity contribution in [2.45, 2.75) is 25.7 Å². The van der Waals surface area contributed by atoms with E-state index in [0.717, 1.165) is 56.7 Å². The second kappa shape index (κ2) is 6.82. The average Bonchev–Trinajstić information content (AvgIpc) is 3.09. The largest absolute Gasteiger partial charge is 0.362 e. The van der Waals surface area contributed by atoms with Crippen LogP contribution in [-0.2, 0) is 12.8 Å². The summed E-state index contributed by atoms with van der Waals surface area (Å²) < 4.78 is 0. The van der Waals surface area contributed by atoms with Crippen LogP contribution in [0.15, 0.2) is 18.5 Å². The van der Waals surface area contributed by atoms with Crippen LogP contribution in [0.25, 0.3) is 0 Å². The Bertz CT molecular complexity index is 726. The first-order valence-corrected chi connectivity index (χ1v) is 9.06. The van der Waals surface area contributed by atoms with E-state index in [0.29, 0.717) is 0 Å². The molecule has 4 rings (SSSR count). The van der Waals surface area contributed by atoms with Crippen molar-refractivity contribution in [2.24, 2.45) is 0 Å². The molecule has 2 aromatic heterocycles. The summed E-state index contributed by atoms with van der Waals surface area (Å²) in [6.07, 6.45) is 7.89. The van der Waals surface area contributed by atoms with Gasteiger partial charge in [0.1, 0.15) is 5.82 Å². The van der Waals surface area contributed by atoms with E-state index in [1.165, 1.54) is 24.1 Å². The van der Waals surface area contributed by atoms with E-state index in [1.807, 2.05) is 6.07 Å². The second-order valence-corrected chi connectivity index (χ2v) is 6.90. The molecule has 0 aromatic carbocycles. The fourth-order valence-electron chi connectivity index (χ4n) is 3.65. The van der Waals surface area contributed by atoms with E-state index in [9.17, 15) is 0 Å². The highest BCUT2D eigenvalue weighted by molar-refractivity contribution is 5.54. The summed E-state index contributed by atoms with van der Waals surface area (Å²) in [6, 6.07) is 1.86. The molecule has 2 aliphatic rings. The van der Waals surface area contributed by atoms with Crippen LogP contribution in [0.1, 0.15) is 24.1 Å². The van der Waals surface area contributed by atoms with Crippen molar-refractivity contribution in [3.8, 4) is 0 Å². The Morgan fingerprint density at radius 1 is 0.840 bits per heavy atom. The molecular weight excluding hydrogens is 314 g/mol. The first-order valence-electron chi connectivity index (χ1n) is 9.06. The molecule has 0 unspecified atom stereocenters. The highest BCUT2D eigenvalue weighted by atomic mass is 15.3. The lowest BCUT2D eigenvalue weighted by atomic mass is 10.1. The van der Waals surface area contributed by atoms with Gasteiger partial charge in [-0.05, 0) is 25.3 Å². The van der Waals surface area contributed by atoms with Crippen molar-refractivity contribution in [3.63, 3.8) is 0 Å². The number of hydrogen-bond donors (Lipinski definition) is 0. The highest BCUT2D eigenvalue weighted by Gasteiger charge is 2.24. The van der Waals surface area contributed by atoms with Crippen LogP contribution in [0.2, 0.25) is 0 Å². The maximum atomic E-state index is 4.95. The molecule has 0 atom stereocenters. The first-order chi connectivity index (χ1) is 12.2. The van der Waals surface area contributed by atoms with Crippen LogP contribution >= 0.6 is 0 Å². The Hall–Kier alpha value is -2.44. The molecule has 0 aliphatic carbocycles. The topological polar surface area (TPSA) is 61.3 Å². The van der Waals surface area contributed by atoms with E-state index < -0.39 is 0 Å². The standard InChI is InChI=1S/C18H25N7/c1-23(2)16-14-6-12-25(17-19-8-5-9-20-17)13-7-15(14)21-18(22-16)24-10-3-4-11-24/h5,8-9H,3-4,6-7,10-13H2,1-2H3. The minimum atomic E-state index is 0.800. The van der Waals surface area contributed by atoms with Gasteiger partial charge in [0.15, 0.2) is 0 Å². The molecule has 0 saturated carbocycles. The summed E-state index contributed by atoms with van der Waals surface area (Å²) >= 11 is 0. The van der Waals surface area contributed by atoms with Crippen molar-refractivity contribution in [1.82, 2.24) is 19.9 Å². The van der Waals surface area contributed by atoms with Crippen LogP contribution in [0.5, 0.6) is 0 Å². The molecule has 0 amide bonds. The minimum absolute atomic E-state index is 0.800. The molecule has 1 fully saturated rings. The summed E-state index contributed by atoms with van der Waals surface area (Å²) in [5.41, 5.74) is 2.45. The van der Waals surface area contributed by atoms with Gasteiger partial charge in [0.2, 0.25) is 11.9 Å². The molecule has 7 heteroatoms. The van der Waals surface area contributed by atoms with Crippen molar-refractivity contribution in [3.05, 3.63) is 29.7 Å².